The zero-order chi connectivity index (χ0) is 33.4. The minimum Gasteiger partial charge on any atom is -0.493 e. The summed E-state index contributed by atoms with van der Waals surface area (Å²) in [4.78, 5) is 33.4. The number of likely N-dealkylation sites (N-methyl/N-ethyl adjacent to an activating group) is 1. The van der Waals surface area contributed by atoms with E-state index in [1.807, 2.05) is 72.8 Å². The average Bonchev–Trinajstić information content (AvgIpc) is 3.48. The molecule has 0 radical (unpaired) electrons. The molecule has 3 aromatic heterocycles. The zero-order valence-corrected chi connectivity index (χ0v) is 28.0. The molecule has 4 heterocycles. The molecule has 48 heavy (non-hydrogen) atoms. The van der Waals surface area contributed by atoms with Crippen molar-refractivity contribution >= 4 is 39.5 Å². The first-order valence-electron chi connectivity index (χ1n) is 16.2. The molecule has 0 saturated carbocycles. The van der Waals surface area contributed by atoms with Crippen LogP contribution in [0, 0.1) is 13.8 Å². The van der Waals surface area contributed by atoms with Gasteiger partial charge in [0.2, 0.25) is 17.5 Å². The Balaban J connectivity index is 1.25. The first kappa shape index (κ1) is 31.4. The van der Waals surface area contributed by atoms with Crippen LogP contribution in [0.15, 0.2) is 65.6 Å². The van der Waals surface area contributed by atoms with Crippen molar-refractivity contribution < 1.29 is 14.2 Å². The summed E-state index contributed by atoms with van der Waals surface area (Å²) in [6.45, 7) is 9.80. The number of methoxy groups -OCH3 is 2. The second-order valence-corrected chi connectivity index (χ2v) is 12.2. The van der Waals surface area contributed by atoms with E-state index < -0.39 is 0 Å². The lowest BCUT2D eigenvalue weighted by molar-refractivity contribution is 0.145. The fourth-order valence-electron chi connectivity index (χ4n) is 6.48. The van der Waals surface area contributed by atoms with Crippen molar-refractivity contribution in [3.05, 3.63) is 82.3 Å². The Morgan fingerprint density at radius 1 is 0.896 bits per heavy atom. The number of nitrogens with zero attached hydrogens (tertiary/aromatic N) is 7. The SMILES string of the molecule is COc1cc(Nc2ncc3c(=O)n(-c4c(C)cccc4C)c4nc5ccccc5n4c3n2)cc(OCCCN2CCN(C)CC2)c1OC. The minimum atomic E-state index is -0.241. The Kier molecular flexibility index (Phi) is 8.59. The molecule has 6 aromatic rings. The van der Waals surface area contributed by atoms with Gasteiger partial charge < -0.3 is 29.3 Å². The van der Waals surface area contributed by atoms with Gasteiger partial charge in [0.1, 0.15) is 5.39 Å². The molecule has 3 aromatic carbocycles. The first-order chi connectivity index (χ1) is 23.4. The van der Waals surface area contributed by atoms with Crippen molar-refractivity contribution in [2.75, 3.05) is 65.9 Å². The maximum atomic E-state index is 14.2. The quantitative estimate of drug-likeness (QED) is 0.204. The lowest BCUT2D eigenvalue weighted by Gasteiger charge is -2.32. The Bertz CT molecular complexity index is 2170. The van der Waals surface area contributed by atoms with E-state index in [-0.39, 0.29) is 5.56 Å². The molecular formula is C36H40N8O4. The maximum absolute atomic E-state index is 14.2. The van der Waals surface area contributed by atoms with Crippen molar-refractivity contribution in [2.24, 2.45) is 0 Å². The van der Waals surface area contributed by atoms with Crippen molar-refractivity contribution in [1.82, 2.24) is 33.7 Å². The van der Waals surface area contributed by atoms with E-state index in [1.54, 1.807) is 25.0 Å². The normalized spacial score (nSPS) is 14.2. The summed E-state index contributed by atoms with van der Waals surface area (Å²) in [7, 11) is 5.35. The van der Waals surface area contributed by atoms with E-state index in [9.17, 15) is 4.79 Å². The molecule has 7 rings (SSSR count). The van der Waals surface area contributed by atoms with E-state index >= 15 is 0 Å². The number of aromatic nitrogens is 5. The predicted molar refractivity (Wildman–Crippen MR) is 188 cm³/mol. The topological polar surface area (TPSA) is 111 Å². The molecule has 12 nitrogen and oxygen atoms in total. The number of nitrogens with one attached hydrogen (secondary N) is 1. The first-order valence-corrected chi connectivity index (χ1v) is 16.2. The third-order valence-electron chi connectivity index (χ3n) is 8.99. The van der Waals surface area contributed by atoms with Crippen LogP contribution in [0.5, 0.6) is 17.2 Å². The van der Waals surface area contributed by atoms with E-state index in [1.165, 1.54) is 0 Å². The second kappa shape index (κ2) is 13.1. The molecular weight excluding hydrogens is 608 g/mol. The highest BCUT2D eigenvalue weighted by molar-refractivity contribution is 5.88. The molecule has 0 atom stereocenters. The summed E-state index contributed by atoms with van der Waals surface area (Å²) in [6, 6.07) is 17.4. The van der Waals surface area contributed by atoms with Crippen molar-refractivity contribution in [2.45, 2.75) is 20.3 Å². The fraction of sp³-hybridized carbons (Fsp3) is 0.333. The maximum Gasteiger partial charge on any atom is 0.270 e. The zero-order valence-electron chi connectivity index (χ0n) is 28.0. The van der Waals surface area contributed by atoms with Gasteiger partial charge in [0.15, 0.2) is 17.1 Å². The number of benzene rings is 3. The number of imidazole rings is 1. The molecule has 0 bridgehead atoms. The molecule has 0 unspecified atom stereocenters. The molecule has 0 aliphatic carbocycles. The number of fused-ring (bicyclic) bond motifs is 5. The Morgan fingerprint density at radius 2 is 1.65 bits per heavy atom. The number of rotatable bonds is 10. The van der Waals surface area contributed by atoms with Gasteiger partial charge in [0.25, 0.3) is 5.56 Å². The molecule has 12 heteroatoms. The number of para-hydroxylation sites is 3. The van der Waals surface area contributed by atoms with Gasteiger partial charge in [-0.25, -0.2) is 14.5 Å². The molecule has 1 N–H and O–H groups in total. The summed E-state index contributed by atoms with van der Waals surface area (Å²) in [6.07, 6.45) is 2.46. The van der Waals surface area contributed by atoms with Crippen molar-refractivity contribution in [3.63, 3.8) is 0 Å². The molecule has 1 aliphatic rings. The van der Waals surface area contributed by atoms with Gasteiger partial charge in [-0.3, -0.25) is 9.20 Å². The monoisotopic (exact) mass is 648 g/mol. The third-order valence-corrected chi connectivity index (χ3v) is 8.99. The Morgan fingerprint density at radius 3 is 2.40 bits per heavy atom. The van der Waals surface area contributed by atoms with Crippen LogP contribution < -0.4 is 25.1 Å². The molecule has 1 aliphatic heterocycles. The summed E-state index contributed by atoms with van der Waals surface area (Å²) in [5.74, 6) is 2.36. The molecule has 1 fully saturated rings. The summed E-state index contributed by atoms with van der Waals surface area (Å²) in [5, 5.41) is 3.68. The predicted octanol–water partition coefficient (Wildman–Crippen LogP) is 4.98. The number of hydrogen-bond acceptors (Lipinski definition) is 10. The van der Waals surface area contributed by atoms with E-state index in [0.29, 0.717) is 52.3 Å². The van der Waals surface area contributed by atoms with E-state index in [2.05, 4.69) is 27.1 Å². The van der Waals surface area contributed by atoms with Crippen LogP contribution in [0.1, 0.15) is 17.5 Å². The highest BCUT2D eigenvalue weighted by atomic mass is 16.5. The second-order valence-electron chi connectivity index (χ2n) is 12.2. The summed E-state index contributed by atoms with van der Waals surface area (Å²) < 4.78 is 21.2. The molecule has 1 saturated heterocycles. The van der Waals surface area contributed by atoms with Crippen LogP contribution in [0.3, 0.4) is 0 Å². The van der Waals surface area contributed by atoms with Crippen molar-refractivity contribution in [1.29, 1.82) is 0 Å². The number of hydrogen-bond donors (Lipinski definition) is 1. The van der Waals surface area contributed by atoms with Crippen LogP contribution in [0.25, 0.3) is 33.5 Å². The lowest BCUT2D eigenvalue weighted by Crippen LogP contribution is -2.44. The molecule has 0 spiro atoms. The largest absolute Gasteiger partial charge is 0.493 e. The van der Waals surface area contributed by atoms with Crippen LogP contribution in [-0.4, -0.2) is 94.3 Å². The van der Waals surface area contributed by atoms with E-state index in [4.69, 9.17) is 24.2 Å². The Labute approximate surface area is 278 Å². The van der Waals surface area contributed by atoms with Gasteiger partial charge in [-0.2, -0.15) is 4.98 Å². The van der Waals surface area contributed by atoms with Gasteiger partial charge in [-0.05, 0) is 50.6 Å². The average molecular weight is 649 g/mol. The summed E-state index contributed by atoms with van der Waals surface area (Å²) in [5.41, 5.74) is 5.18. The Hall–Kier alpha value is -5.20. The van der Waals surface area contributed by atoms with Crippen LogP contribution in [-0.2, 0) is 0 Å². The van der Waals surface area contributed by atoms with Gasteiger partial charge in [0, 0.05) is 56.7 Å². The van der Waals surface area contributed by atoms with Crippen LogP contribution in [0.2, 0.25) is 0 Å². The molecule has 248 valence electrons. The lowest BCUT2D eigenvalue weighted by atomic mass is 10.1. The van der Waals surface area contributed by atoms with Crippen LogP contribution in [0.4, 0.5) is 11.6 Å². The smallest absolute Gasteiger partial charge is 0.270 e. The number of aryl methyl sites for hydroxylation is 2. The van der Waals surface area contributed by atoms with E-state index in [0.717, 1.165) is 67.0 Å². The molecule has 0 amide bonds. The highest BCUT2D eigenvalue weighted by Gasteiger charge is 2.21. The fourth-order valence-corrected chi connectivity index (χ4v) is 6.48. The summed E-state index contributed by atoms with van der Waals surface area (Å²) >= 11 is 0. The number of ether oxygens (including phenoxy) is 3. The number of anilines is 2. The minimum absolute atomic E-state index is 0.241. The number of piperazine rings is 1. The highest BCUT2D eigenvalue weighted by Crippen LogP contribution is 2.41. The van der Waals surface area contributed by atoms with Crippen molar-refractivity contribution in [3.8, 4) is 22.9 Å². The van der Waals surface area contributed by atoms with Gasteiger partial charge in [-0.1, -0.05) is 30.3 Å². The van der Waals surface area contributed by atoms with Gasteiger partial charge in [-0.15, -0.1) is 0 Å². The van der Waals surface area contributed by atoms with Gasteiger partial charge in [0.05, 0.1) is 37.5 Å². The third kappa shape index (κ3) is 5.77. The van der Waals surface area contributed by atoms with Gasteiger partial charge >= 0.3 is 0 Å². The standard InChI is InChI=1S/C36H40N8O4/c1-23-10-8-11-24(2)31(23)44-34(45)26-22-37-35(40-33(26)43-28-13-7-6-12-27(28)39-36(43)44)38-25-20-29(46-4)32(47-5)30(21-25)48-19-9-14-42-17-15-41(3)16-18-42/h6-8,10-13,20-22H,9,14-19H2,1-5H3,(H,37,38,40). The van der Waals surface area contributed by atoms with Crippen LogP contribution >= 0.6 is 0 Å².